The average molecular weight is 138 g/mol. The molecule has 0 bridgehead atoms. The third kappa shape index (κ3) is 5.09. The molecule has 0 spiro atoms. The van der Waals surface area contributed by atoms with Crippen LogP contribution in [0.15, 0.2) is 30.4 Å². The van der Waals surface area contributed by atoms with Gasteiger partial charge in [-0.25, -0.2) is 0 Å². The summed E-state index contributed by atoms with van der Waals surface area (Å²) < 4.78 is 0. The van der Waals surface area contributed by atoms with Crippen molar-refractivity contribution in [1.82, 2.24) is 5.32 Å². The van der Waals surface area contributed by atoms with Crippen molar-refractivity contribution in [3.8, 4) is 0 Å². The topological polar surface area (TPSA) is 24.4 Å². The SMILES string of the molecule is C=CC=NC(C)CNC=C. The second-order valence-corrected chi connectivity index (χ2v) is 2.00. The van der Waals surface area contributed by atoms with E-state index in [0.29, 0.717) is 0 Å². The quantitative estimate of drug-likeness (QED) is 0.570. The zero-order valence-electron chi connectivity index (χ0n) is 6.38. The van der Waals surface area contributed by atoms with Gasteiger partial charge in [0, 0.05) is 12.8 Å². The van der Waals surface area contributed by atoms with Crippen LogP contribution in [0, 0.1) is 0 Å². The van der Waals surface area contributed by atoms with Crippen molar-refractivity contribution < 1.29 is 0 Å². The van der Waals surface area contributed by atoms with E-state index in [9.17, 15) is 0 Å². The van der Waals surface area contributed by atoms with Crippen LogP contribution in [0.5, 0.6) is 0 Å². The number of aliphatic imine (C=N–C) groups is 1. The highest BCUT2D eigenvalue weighted by Crippen LogP contribution is 1.84. The first-order valence-corrected chi connectivity index (χ1v) is 3.29. The third-order valence-corrected chi connectivity index (χ3v) is 1.00. The Morgan fingerprint density at radius 3 is 2.80 bits per heavy atom. The van der Waals surface area contributed by atoms with Crippen LogP contribution in [0.2, 0.25) is 0 Å². The van der Waals surface area contributed by atoms with Crippen molar-refractivity contribution in [2.75, 3.05) is 6.54 Å². The molecule has 56 valence electrons. The van der Waals surface area contributed by atoms with E-state index >= 15 is 0 Å². The fourth-order valence-corrected chi connectivity index (χ4v) is 0.514. The first kappa shape index (κ1) is 8.95. The molecule has 0 aliphatic carbocycles. The van der Waals surface area contributed by atoms with E-state index in [1.165, 1.54) is 0 Å². The van der Waals surface area contributed by atoms with Crippen LogP contribution >= 0.6 is 0 Å². The standard InChI is InChI=1S/C8H14N2/c1-4-6-10-8(3)7-9-5-2/h4-6,8-9H,1-2,7H2,3H3. The normalized spacial score (nSPS) is 12.9. The second-order valence-electron chi connectivity index (χ2n) is 2.00. The van der Waals surface area contributed by atoms with Gasteiger partial charge in [-0.05, 0) is 13.1 Å². The largest absolute Gasteiger partial charge is 0.389 e. The van der Waals surface area contributed by atoms with Crippen molar-refractivity contribution in [3.05, 3.63) is 25.4 Å². The summed E-state index contributed by atoms with van der Waals surface area (Å²) in [5.41, 5.74) is 0. The molecule has 10 heavy (non-hydrogen) atoms. The van der Waals surface area contributed by atoms with Crippen molar-refractivity contribution in [2.24, 2.45) is 4.99 Å². The Morgan fingerprint density at radius 1 is 1.60 bits per heavy atom. The van der Waals surface area contributed by atoms with Crippen LogP contribution in [-0.2, 0) is 0 Å². The van der Waals surface area contributed by atoms with Crippen LogP contribution in [0.1, 0.15) is 6.92 Å². The summed E-state index contributed by atoms with van der Waals surface area (Å²) in [7, 11) is 0. The number of hydrogen-bond donors (Lipinski definition) is 1. The van der Waals surface area contributed by atoms with Gasteiger partial charge in [-0.2, -0.15) is 0 Å². The predicted octanol–water partition coefficient (Wildman–Crippen LogP) is 1.36. The molecule has 2 heteroatoms. The van der Waals surface area contributed by atoms with Crippen LogP contribution in [0.4, 0.5) is 0 Å². The molecule has 0 fully saturated rings. The molecule has 0 heterocycles. The Bertz CT molecular complexity index is 127. The molecule has 0 saturated carbocycles. The lowest BCUT2D eigenvalue weighted by molar-refractivity contribution is 0.693. The highest BCUT2D eigenvalue weighted by atomic mass is 14.9. The molecule has 0 amide bonds. The minimum Gasteiger partial charge on any atom is -0.389 e. The predicted molar refractivity (Wildman–Crippen MR) is 46.4 cm³/mol. The molecule has 0 rings (SSSR count). The van der Waals surface area contributed by atoms with Gasteiger partial charge in [-0.1, -0.05) is 19.2 Å². The summed E-state index contributed by atoms with van der Waals surface area (Å²) in [5, 5.41) is 2.97. The van der Waals surface area contributed by atoms with Gasteiger partial charge < -0.3 is 5.32 Å². The summed E-state index contributed by atoms with van der Waals surface area (Å²) in [6.45, 7) is 9.90. The molecule has 0 aromatic heterocycles. The minimum absolute atomic E-state index is 0.288. The van der Waals surface area contributed by atoms with Crippen LogP contribution in [0.25, 0.3) is 0 Å². The van der Waals surface area contributed by atoms with E-state index in [-0.39, 0.29) is 6.04 Å². The molecule has 1 atom stereocenters. The molecule has 1 unspecified atom stereocenters. The zero-order chi connectivity index (χ0) is 7.82. The van der Waals surface area contributed by atoms with Gasteiger partial charge in [0.2, 0.25) is 0 Å². The van der Waals surface area contributed by atoms with Crippen LogP contribution < -0.4 is 5.32 Å². The average Bonchev–Trinajstić information content (AvgIpc) is 1.97. The van der Waals surface area contributed by atoms with Gasteiger partial charge >= 0.3 is 0 Å². The molecule has 0 aliphatic heterocycles. The number of nitrogens with one attached hydrogen (secondary N) is 1. The fraction of sp³-hybridized carbons (Fsp3) is 0.375. The molecule has 0 saturated heterocycles. The molecule has 2 nitrogen and oxygen atoms in total. The fourth-order valence-electron chi connectivity index (χ4n) is 0.514. The first-order chi connectivity index (χ1) is 4.81. The summed E-state index contributed by atoms with van der Waals surface area (Å²) >= 11 is 0. The lowest BCUT2D eigenvalue weighted by Crippen LogP contribution is -2.17. The smallest absolute Gasteiger partial charge is 0.0643 e. The Morgan fingerprint density at radius 2 is 2.30 bits per heavy atom. The summed E-state index contributed by atoms with van der Waals surface area (Å²) in [6, 6.07) is 0.288. The van der Waals surface area contributed by atoms with Gasteiger partial charge in [0.1, 0.15) is 0 Å². The van der Waals surface area contributed by atoms with Crippen molar-refractivity contribution in [3.63, 3.8) is 0 Å². The maximum Gasteiger partial charge on any atom is 0.0643 e. The van der Waals surface area contributed by atoms with E-state index < -0.39 is 0 Å². The molecule has 0 aliphatic rings. The van der Waals surface area contributed by atoms with Gasteiger partial charge in [0.15, 0.2) is 0 Å². The van der Waals surface area contributed by atoms with Gasteiger partial charge in [0.25, 0.3) is 0 Å². The third-order valence-electron chi connectivity index (χ3n) is 1.00. The summed E-state index contributed by atoms with van der Waals surface area (Å²) in [5.74, 6) is 0. The highest BCUT2D eigenvalue weighted by Gasteiger charge is 1.91. The lowest BCUT2D eigenvalue weighted by Gasteiger charge is -2.03. The Hall–Kier alpha value is -1.05. The number of nitrogens with zero attached hydrogens (tertiary/aromatic N) is 1. The number of rotatable bonds is 5. The Labute approximate surface area is 62.4 Å². The lowest BCUT2D eigenvalue weighted by atomic mass is 10.3. The zero-order valence-corrected chi connectivity index (χ0v) is 6.38. The maximum atomic E-state index is 4.13. The molecular weight excluding hydrogens is 124 g/mol. The van der Waals surface area contributed by atoms with Crippen LogP contribution in [0.3, 0.4) is 0 Å². The number of hydrogen-bond acceptors (Lipinski definition) is 2. The van der Waals surface area contributed by atoms with Gasteiger partial charge in [-0.3, -0.25) is 4.99 Å². The monoisotopic (exact) mass is 138 g/mol. The molecule has 0 aromatic rings. The van der Waals surface area contributed by atoms with E-state index in [0.717, 1.165) is 6.54 Å². The maximum absolute atomic E-state index is 4.13. The molecular formula is C8H14N2. The van der Waals surface area contributed by atoms with Crippen LogP contribution in [-0.4, -0.2) is 18.8 Å². The minimum atomic E-state index is 0.288. The van der Waals surface area contributed by atoms with E-state index in [1.807, 2.05) is 6.92 Å². The van der Waals surface area contributed by atoms with Crippen molar-refractivity contribution in [1.29, 1.82) is 0 Å². The molecule has 1 N–H and O–H groups in total. The van der Waals surface area contributed by atoms with Crippen molar-refractivity contribution in [2.45, 2.75) is 13.0 Å². The summed E-state index contributed by atoms with van der Waals surface area (Å²) in [6.07, 6.45) is 5.04. The van der Waals surface area contributed by atoms with E-state index in [2.05, 4.69) is 23.5 Å². The second kappa shape index (κ2) is 6.08. The van der Waals surface area contributed by atoms with E-state index in [4.69, 9.17) is 0 Å². The first-order valence-electron chi connectivity index (χ1n) is 3.29. The van der Waals surface area contributed by atoms with Crippen molar-refractivity contribution >= 4 is 6.21 Å². The molecule has 0 aromatic carbocycles. The Kier molecular flexibility index (Phi) is 5.44. The summed E-state index contributed by atoms with van der Waals surface area (Å²) in [4.78, 5) is 4.13. The van der Waals surface area contributed by atoms with E-state index in [1.54, 1.807) is 18.5 Å². The van der Waals surface area contributed by atoms with Gasteiger partial charge in [-0.15, -0.1) is 0 Å². The Balaban J connectivity index is 3.41. The van der Waals surface area contributed by atoms with Gasteiger partial charge in [0.05, 0.1) is 6.04 Å². The molecule has 0 radical (unpaired) electrons. The highest BCUT2D eigenvalue weighted by molar-refractivity contribution is 5.70. The number of allylic oxidation sites excluding steroid dienone is 1.